The highest BCUT2D eigenvalue weighted by Gasteiger charge is 2.36. The number of nitrogens with zero attached hydrogens (tertiary/aromatic N) is 3. The summed E-state index contributed by atoms with van der Waals surface area (Å²) >= 11 is 5.95. The highest BCUT2D eigenvalue weighted by atomic mass is 35.5. The first-order valence-electron chi connectivity index (χ1n) is 6.31. The summed E-state index contributed by atoms with van der Waals surface area (Å²) in [6.07, 6.45) is 6.60. The molecular formula is C12H17ClN4. The van der Waals surface area contributed by atoms with Gasteiger partial charge in [0.25, 0.3) is 0 Å². The number of nitrogen functional groups attached to an aromatic ring is 1. The van der Waals surface area contributed by atoms with Crippen LogP contribution in [0.1, 0.15) is 32.1 Å². The maximum absolute atomic E-state index is 5.95. The van der Waals surface area contributed by atoms with Gasteiger partial charge in [-0.1, -0.05) is 24.4 Å². The van der Waals surface area contributed by atoms with Gasteiger partial charge in [0.2, 0.25) is 5.95 Å². The van der Waals surface area contributed by atoms with Crippen molar-refractivity contribution in [2.24, 2.45) is 5.92 Å². The van der Waals surface area contributed by atoms with Gasteiger partial charge in [0.1, 0.15) is 11.0 Å². The summed E-state index contributed by atoms with van der Waals surface area (Å²) < 4.78 is 0. The van der Waals surface area contributed by atoms with Crippen LogP contribution in [0.4, 0.5) is 11.8 Å². The standard InChI is InChI=1S/C12H17ClN4/c13-10-7-11(16-12(14)15-10)17-6-5-8-3-1-2-4-9(8)17/h7-9H,1-6H2,(H2,14,15,16). The maximum Gasteiger partial charge on any atom is 0.223 e. The molecule has 1 aromatic rings. The van der Waals surface area contributed by atoms with Gasteiger partial charge >= 0.3 is 0 Å². The Morgan fingerprint density at radius 2 is 2.06 bits per heavy atom. The van der Waals surface area contributed by atoms with E-state index in [0.717, 1.165) is 18.3 Å². The molecule has 2 fully saturated rings. The van der Waals surface area contributed by atoms with Crippen LogP contribution >= 0.6 is 11.6 Å². The molecule has 1 saturated heterocycles. The van der Waals surface area contributed by atoms with Crippen LogP contribution in [0.2, 0.25) is 5.15 Å². The predicted molar refractivity (Wildman–Crippen MR) is 69.2 cm³/mol. The Hall–Kier alpha value is -1.03. The first-order valence-corrected chi connectivity index (χ1v) is 6.68. The molecule has 1 aliphatic carbocycles. The van der Waals surface area contributed by atoms with Gasteiger partial charge in [-0.15, -0.1) is 0 Å². The molecule has 1 aliphatic heterocycles. The second-order valence-electron chi connectivity index (χ2n) is 5.00. The van der Waals surface area contributed by atoms with Crippen molar-refractivity contribution in [3.05, 3.63) is 11.2 Å². The molecule has 0 bridgehead atoms. The molecule has 92 valence electrons. The van der Waals surface area contributed by atoms with Crippen molar-refractivity contribution in [2.45, 2.75) is 38.1 Å². The van der Waals surface area contributed by atoms with Crippen LogP contribution in [-0.4, -0.2) is 22.6 Å². The average Bonchev–Trinajstić information content (AvgIpc) is 2.71. The minimum absolute atomic E-state index is 0.270. The molecule has 2 aliphatic rings. The highest BCUT2D eigenvalue weighted by Crippen LogP contribution is 2.38. The second kappa shape index (κ2) is 4.33. The summed E-state index contributed by atoms with van der Waals surface area (Å²) in [5.41, 5.74) is 5.66. The van der Waals surface area contributed by atoms with Crippen LogP contribution in [0.15, 0.2) is 6.07 Å². The lowest BCUT2D eigenvalue weighted by atomic mass is 9.85. The fourth-order valence-electron chi connectivity index (χ4n) is 3.26. The van der Waals surface area contributed by atoms with Crippen molar-refractivity contribution in [1.82, 2.24) is 9.97 Å². The van der Waals surface area contributed by atoms with Gasteiger partial charge in [-0.25, -0.2) is 4.98 Å². The van der Waals surface area contributed by atoms with E-state index < -0.39 is 0 Å². The molecule has 0 radical (unpaired) electrons. The fraction of sp³-hybridized carbons (Fsp3) is 0.667. The van der Waals surface area contributed by atoms with E-state index in [-0.39, 0.29) is 5.95 Å². The van der Waals surface area contributed by atoms with E-state index in [0.29, 0.717) is 11.2 Å². The molecule has 3 rings (SSSR count). The number of aromatic nitrogens is 2. The molecule has 17 heavy (non-hydrogen) atoms. The van der Waals surface area contributed by atoms with E-state index in [9.17, 15) is 0 Å². The number of anilines is 2. The number of rotatable bonds is 1. The zero-order valence-corrected chi connectivity index (χ0v) is 10.5. The van der Waals surface area contributed by atoms with Gasteiger partial charge < -0.3 is 10.6 Å². The van der Waals surface area contributed by atoms with E-state index in [1.165, 1.54) is 32.1 Å². The van der Waals surface area contributed by atoms with Crippen LogP contribution in [0.25, 0.3) is 0 Å². The molecule has 0 amide bonds. The third-order valence-corrected chi connectivity index (χ3v) is 4.20. The van der Waals surface area contributed by atoms with E-state index in [2.05, 4.69) is 14.9 Å². The fourth-order valence-corrected chi connectivity index (χ4v) is 3.44. The topological polar surface area (TPSA) is 55.0 Å². The largest absolute Gasteiger partial charge is 0.368 e. The predicted octanol–water partition coefficient (Wildman–Crippen LogP) is 2.48. The minimum atomic E-state index is 0.270. The molecule has 2 unspecified atom stereocenters. The Kier molecular flexibility index (Phi) is 2.82. The monoisotopic (exact) mass is 252 g/mol. The van der Waals surface area contributed by atoms with E-state index >= 15 is 0 Å². The quantitative estimate of drug-likeness (QED) is 0.781. The summed E-state index contributed by atoms with van der Waals surface area (Å²) in [4.78, 5) is 10.6. The van der Waals surface area contributed by atoms with Gasteiger partial charge in [-0.05, 0) is 25.2 Å². The van der Waals surface area contributed by atoms with E-state index in [4.69, 9.17) is 17.3 Å². The number of hydrogen-bond acceptors (Lipinski definition) is 4. The van der Waals surface area contributed by atoms with Crippen LogP contribution in [0.5, 0.6) is 0 Å². The van der Waals surface area contributed by atoms with Crippen LogP contribution in [0.3, 0.4) is 0 Å². The molecule has 1 aromatic heterocycles. The SMILES string of the molecule is Nc1nc(Cl)cc(N2CCC3CCCCC32)n1. The average molecular weight is 253 g/mol. The summed E-state index contributed by atoms with van der Waals surface area (Å²) in [7, 11) is 0. The van der Waals surface area contributed by atoms with Crippen LogP contribution in [0, 0.1) is 5.92 Å². The molecule has 2 atom stereocenters. The summed E-state index contributed by atoms with van der Waals surface area (Å²) in [6, 6.07) is 2.46. The van der Waals surface area contributed by atoms with Crippen molar-refractivity contribution in [3.63, 3.8) is 0 Å². The van der Waals surface area contributed by atoms with Crippen molar-refractivity contribution in [3.8, 4) is 0 Å². The first-order chi connectivity index (χ1) is 8.24. The number of fused-ring (bicyclic) bond motifs is 1. The smallest absolute Gasteiger partial charge is 0.223 e. The molecule has 4 nitrogen and oxygen atoms in total. The molecular weight excluding hydrogens is 236 g/mol. The Morgan fingerprint density at radius 1 is 1.24 bits per heavy atom. The van der Waals surface area contributed by atoms with Crippen LogP contribution < -0.4 is 10.6 Å². The summed E-state index contributed by atoms with van der Waals surface area (Å²) in [5.74, 6) is 2.00. The Balaban J connectivity index is 1.88. The van der Waals surface area contributed by atoms with Gasteiger partial charge in [-0.3, -0.25) is 0 Å². The zero-order chi connectivity index (χ0) is 11.8. The summed E-state index contributed by atoms with van der Waals surface area (Å²) in [6.45, 7) is 1.07. The number of nitrogens with two attached hydrogens (primary N) is 1. The Bertz CT molecular complexity index is 403. The second-order valence-corrected chi connectivity index (χ2v) is 5.39. The Morgan fingerprint density at radius 3 is 2.88 bits per heavy atom. The third kappa shape index (κ3) is 2.06. The van der Waals surface area contributed by atoms with Crippen molar-refractivity contribution in [1.29, 1.82) is 0 Å². The van der Waals surface area contributed by atoms with Crippen molar-refractivity contribution < 1.29 is 0 Å². The normalized spacial score (nSPS) is 28.2. The van der Waals surface area contributed by atoms with Gasteiger partial charge in [-0.2, -0.15) is 4.98 Å². The first kappa shape index (κ1) is 11.1. The van der Waals surface area contributed by atoms with E-state index in [1.807, 2.05) is 6.07 Å². The van der Waals surface area contributed by atoms with Crippen molar-refractivity contribution >= 4 is 23.4 Å². The van der Waals surface area contributed by atoms with Crippen molar-refractivity contribution in [2.75, 3.05) is 17.2 Å². The molecule has 2 N–H and O–H groups in total. The molecule has 1 saturated carbocycles. The van der Waals surface area contributed by atoms with E-state index in [1.54, 1.807) is 0 Å². The summed E-state index contributed by atoms with van der Waals surface area (Å²) in [5, 5.41) is 0.437. The van der Waals surface area contributed by atoms with Gasteiger partial charge in [0, 0.05) is 18.7 Å². The number of halogens is 1. The lowest BCUT2D eigenvalue weighted by molar-refractivity contribution is 0.341. The Labute approximate surface area is 106 Å². The number of hydrogen-bond donors (Lipinski definition) is 1. The van der Waals surface area contributed by atoms with Gasteiger partial charge in [0.05, 0.1) is 0 Å². The molecule has 0 aromatic carbocycles. The van der Waals surface area contributed by atoms with Crippen LogP contribution in [-0.2, 0) is 0 Å². The highest BCUT2D eigenvalue weighted by molar-refractivity contribution is 6.29. The lowest BCUT2D eigenvalue weighted by Gasteiger charge is -2.32. The third-order valence-electron chi connectivity index (χ3n) is 4.00. The zero-order valence-electron chi connectivity index (χ0n) is 9.77. The molecule has 0 spiro atoms. The molecule has 5 heteroatoms. The molecule has 2 heterocycles. The maximum atomic E-state index is 5.95. The lowest BCUT2D eigenvalue weighted by Crippen LogP contribution is -2.35. The minimum Gasteiger partial charge on any atom is -0.368 e. The van der Waals surface area contributed by atoms with Gasteiger partial charge in [0.15, 0.2) is 0 Å².